The van der Waals surface area contributed by atoms with Crippen LogP contribution in [0.25, 0.3) is 0 Å². The maximum absolute atomic E-state index is 12.3. The van der Waals surface area contributed by atoms with Gasteiger partial charge in [-0.05, 0) is 43.9 Å². The van der Waals surface area contributed by atoms with Crippen LogP contribution in [-0.4, -0.2) is 37.2 Å². The zero-order valence-corrected chi connectivity index (χ0v) is 14.9. The SMILES string of the molecule is CCOC(=O)COc1ccc(CCNC(=O)C2(N)CCCCC2)cc1. The van der Waals surface area contributed by atoms with E-state index >= 15 is 0 Å². The average molecular weight is 348 g/mol. The van der Waals surface area contributed by atoms with Gasteiger partial charge in [0.2, 0.25) is 5.91 Å². The van der Waals surface area contributed by atoms with Gasteiger partial charge >= 0.3 is 5.97 Å². The summed E-state index contributed by atoms with van der Waals surface area (Å²) in [4.78, 5) is 23.5. The summed E-state index contributed by atoms with van der Waals surface area (Å²) in [7, 11) is 0. The Labute approximate surface area is 149 Å². The molecule has 3 N–H and O–H groups in total. The summed E-state index contributed by atoms with van der Waals surface area (Å²) in [6.45, 7) is 2.56. The molecule has 1 saturated carbocycles. The van der Waals surface area contributed by atoms with E-state index in [1.807, 2.05) is 24.3 Å². The number of esters is 1. The smallest absolute Gasteiger partial charge is 0.344 e. The summed E-state index contributed by atoms with van der Waals surface area (Å²) in [5.74, 6) is 0.193. The molecule has 0 heterocycles. The van der Waals surface area contributed by atoms with Gasteiger partial charge in [-0.25, -0.2) is 4.79 Å². The highest BCUT2D eigenvalue weighted by Crippen LogP contribution is 2.25. The quantitative estimate of drug-likeness (QED) is 0.701. The Morgan fingerprint density at radius 3 is 2.48 bits per heavy atom. The van der Waals surface area contributed by atoms with Crippen LogP contribution in [0, 0.1) is 0 Å². The second kappa shape index (κ2) is 9.42. The van der Waals surface area contributed by atoms with Crippen LogP contribution < -0.4 is 15.8 Å². The Kier molecular flexibility index (Phi) is 7.25. The van der Waals surface area contributed by atoms with E-state index in [2.05, 4.69) is 5.32 Å². The zero-order valence-electron chi connectivity index (χ0n) is 14.9. The molecule has 0 aromatic heterocycles. The van der Waals surface area contributed by atoms with Gasteiger partial charge in [0, 0.05) is 6.54 Å². The van der Waals surface area contributed by atoms with Gasteiger partial charge in [-0.15, -0.1) is 0 Å². The van der Waals surface area contributed by atoms with Crippen LogP contribution in [-0.2, 0) is 20.7 Å². The number of nitrogens with one attached hydrogen (secondary N) is 1. The molecule has 0 saturated heterocycles. The number of ether oxygens (including phenoxy) is 2. The second-order valence-corrected chi connectivity index (χ2v) is 6.46. The number of carbonyl (C=O) groups excluding carboxylic acids is 2. The number of rotatable bonds is 8. The van der Waals surface area contributed by atoms with Crippen LogP contribution in [0.15, 0.2) is 24.3 Å². The van der Waals surface area contributed by atoms with Crippen LogP contribution in [0.1, 0.15) is 44.6 Å². The fraction of sp³-hybridized carbons (Fsp3) is 0.579. The molecule has 1 aromatic carbocycles. The van der Waals surface area contributed by atoms with Gasteiger partial charge in [0.15, 0.2) is 6.61 Å². The van der Waals surface area contributed by atoms with Gasteiger partial charge < -0.3 is 20.5 Å². The third kappa shape index (κ3) is 6.05. The fourth-order valence-corrected chi connectivity index (χ4v) is 3.00. The largest absolute Gasteiger partial charge is 0.482 e. The van der Waals surface area contributed by atoms with Crippen LogP contribution in [0.5, 0.6) is 5.75 Å². The summed E-state index contributed by atoms with van der Waals surface area (Å²) < 4.78 is 10.2. The minimum absolute atomic E-state index is 0.0402. The Balaban J connectivity index is 1.72. The summed E-state index contributed by atoms with van der Waals surface area (Å²) in [5, 5.41) is 2.95. The molecule has 25 heavy (non-hydrogen) atoms. The lowest BCUT2D eigenvalue weighted by Crippen LogP contribution is -2.55. The molecule has 1 aliphatic carbocycles. The van der Waals surface area contributed by atoms with Crippen LogP contribution >= 0.6 is 0 Å². The molecule has 6 nitrogen and oxygen atoms in total. The number of benzene rings is 1. The highest BCUT2D eigenvalue weighted by atomic mass is 16.6. The predicted molar refractivity (Wildman–Crippen MR) is 95.3 cm³/mol. The summed E-state index contributed by atoms with van der Waals surface area (Å²) in [5.41, 5.74) is 6.61. The highest BCUT2D eigenvalue weighted by molar-refractivity contribution is 5.86. The Morgan fingerprint density at radius 1 is 1.16 bits per heavy atom. The highest BCUT2D eigenvalue weighted by Gasteiger charge is 2.34. The minimum atomic E-state index is -0.691. The summed E-state index contributed by atoms with van der Waals surface area (Å²) in [6.07, 6.45) is 5.47. The van der Waals surface area contributed by atoms with Crippen molar-refractivity contribution in [3.63, 3.8) is 0 Å². The maximum Gasteiger partial charge on any atom is 0.344 e. The molecule has 0 unspecified atom stereocenters. The molecule has 1 aromatic rings. The van der Waals surface area contributed by atoms with Gasteiger partial charge in [-0.3, -0.25) is 4.79 Å². The molecule has 0 aliphatic heterocycles. The van der Waals surface area contributed by atoms with Crippen molar-refractivity contribution in [2.75, 3.05) is 19.8 Å². The van der Waals surface area contributed by atoms with Gasteiger partial charge in [0.05, 0.1) is 12.1 Å². The van der Waals surface area contributed by atoms with E-state index in [0.717, 1.165) is 44.1 Å². The van der Waals surface area contributed by atoms with E-state index in [9.17, 15) is 9.59 Å². The first-order valence-corrected chi connectivity index (χ1v) is 8.98. The van der Waals surface area contributed by atoms with E-state index in [-0.39, 0.29) is 18.5 Å². The molecule has 1 amide bonds. The Hall–Kier alpha value is -2.08. The zero-order chi connectivity index (χ0) is 18.1. The van der Waals surface area contributed by atoms with Crippen molar-refractivity contribution in [3.8, 4) is 5.75 Å². The van der Waals surface area contributed by atoms with E-state index in [4.69, 9.17) is 15.2 Å². The maximum atomic E-state index is 12.3. The number of nitrogens with two attached hydrogens (primary N) is 1. The molecule has 0 bridgehead atoms. The monoisotopic (exact) mass is 348 g/mol. The first-order valence-electron chi connectivity index (χ1n) is 8.98. The summed E-state index contributed by atoms with van der Waals surface area (Å²) >= 11 is 0. The third-order valence-corrected chi connectivity index (χ3v) is 4.48. The van der Waals surface area contributed by atoms with Crippen molar-refractivity contribution >= 4 is 11.9 Å². The second-order valence-electron chi connectivity index (χ2n) is 6.46. The lowest BCUT2D eigenvalue weighted by atomic mass is 9.82. The third-order valence-electron chi connectivity index (χ3n) is 4.48. The van der Waals surface area contributed by atoms with Crippen molar-refractivity contribution in [1.82, 2.24) is 5.32 Å². The van der Waals surface area contributed by atoms with Gasteiger partial charge in [-0.2, -0.15) is 0 Å². The Bertz CT molecular complexity index is 565. The lowest BCUT2D eigenvalue weighted by molar-refractivity contribution is -0.145. The van der Waals surface area contributed by atoms with Crippen molar-refractivity contribution in [1.29, 1.82) is 0 Å². The number of hydrogen-bond acceptors (Lipinski definition) is 5. The van der Waals surface area contributed by atoms with E-state index < -0.39 is 5.54 Å². The normalized spacial score (nSPS) is 16.1. The summed E-state index contributed by atoms with van der Waals surface area (Å²) in [6, 6.07) is 7.46. The molecule has 0 radical (unpaired) electrons. The van der Waals surface area contributed by atoms with Crippen LogP contribution in [0.3, 0.4) is 0 Å². The molecule has 1 fully saturated rings. The molecular weight excluding hydrogens is 320 g/mol. The van der Waals surface area contributed by atoms with Crippen molar-refractivity contribution in [2.24, 2.45) is 5.73 Å². The van der Waals surface area contributed by atoms with Crippen molar-refractivity contribution in [3.05, 3.63) is 29.8 Å². The molecule has 2 rings (SSSR count). The molecule has 0 spiro atoms. The number of carbonyl (C=O) groups is 2. The van der Waals surface area contributed by atoms with Gasteiger partial charge in [0.1, 0.15) is 5.75 Å². The molecular formula is C19H28N2O4. The first kappa shape index (κ1) is 19.2. The fourth-order valence-electron chi connectivity index (χ4n) is 3.00. The lowest BCUT2D eigenvalue weighted by Gasteiger charge is -2.31. The van der Waals surface area contributed by atoms with E-state index in [1.165, 1.54) is 0 Å². The van der Waals surface area contributed by atoms with Crippen molar-refractivity contribution in [2.45, 2.75) is 51.0 Å². The van der Waals surface area contributed by atoms with E-state index in [1.54, 1.807) is 6.92 Å². The molecule has 6 heteroatoms. The molecule has 1 aliphatic rings. The van der Waals surface area contributed by atoms with Crippen LogP contribution in [0.4, 0.5) is 0 Å². The average Bonchev–Trinajstić information content (AvgIpc) is 2.62. The van der Waals surface area contributed by atoms with Crippen molar-refractivity contribution < 1.29 is 19.1 Å². The standard InChI is InChI=1S/C19H28N2O4/c1-2-24-17(22)14-25-16-8-6-15(7-9-16)10-13-21-18(23)19(20)11-4-3-5-12-19/h6-9H,2-5,10-14,20H2,1H3,(H,21,23). The molecule has 138 valence electrons. The topological polar surface area (TPSA) is 90.6 Å². The van der Waals surface area contributed by atoms with E-state index in [0.29, 0.717) is 18.9 Å². The first-order chi connectivity index (χ1) is 12.0. The minimum Gasteiger partial charge on any atom is -0.482 e. The van der Waals surface area contributed by atoms with Gasteiger partial charge in [-0.1, -0.05) is 31.4 Å². The Morgan fingerprint density at radius 2 is 1.84 bits per heavy atom. The van der Waals surface area contributed by atoms with Gasteiger partial charge in [0.25, 0.3) is 0 Å². The number of hydrogen-bond donors (Lipinski definition) is 2. The number of amides is 1. The molecule has 0 atom stereocenters. The predicted octanol–water partition coefficient (Wildman–Crippen LogP) is 1.95. The van der Waals surface area contributed by atoms with Crippen LogP contribution in [0.2, 0.25) is 0 Å².